The lowest BCUT2D eigenvalue weighted by molar-refractivity contribution is -0.142. The molecule has 1 fully saturated rings. The zero-order chi connectivity index (χ0) is 8.48. The third kappa shape index (κ3) is 2.19. The van der Waals surface area contributed by atoms with Crippen molar-refractivity contribution in [1.29, 1.82) is 0 Å². The van der Waals surface area contributed by atoms with Gasteiger partial charge in [-0.05, 0) is 24.7 Å². The summed E-state index contributed by atoms with van der Waals surface area (Å²) in [7, 11) is 0. The van der Waals surface area contributed by atoms with Gasteiger partial charge in [-0.3, -0.25) is 4.79 Å². The number of carboxylic acids is 1. The van der Waals surface area contributed by atoms with E-state index < -0.39 is 5.97 Å². The highest BCUT2D eigenvalue weighted by atomic mass is 16.4. The van der Waals surface area contributed by atoms with Gasteiger partial charge in [0.2, 0.25) is 0 Å². The molecule has 0 heterocycles. The van der Waals surface area contributed by atoms with Crippen molar-refractivity contribution in [3.63, 3.8) is 0 Å². The van der Waals surface area contributed by atoms with Crippen LogP contribution in [-0.2, 0) is 4.79 Å². The molecule has 1 saturated carbocycles. The molecule has 3 nitrogen and oxygen atoms in total. The SMILES string of the molecule is CC1(CC(CN)C(=O)O)CC1. The van der Waals surface area contributed by atoms with E-state index in [0.29, 0.717) is 5.41 Å². The molecular weight excluding hydrogens is 142 g/mol. The summed E-state index contributed by atoms with van der Waals surface area (Å²) in [4.78, 5) is 10.6. The summed E-state index contributed by atoms with van der Waals surface area (Å²) < 4.78 is 0. The monoisotopic (exact) mass is 157 g/mol. The summed E-state index contributed by atoms with van der Waals surface area (Å²) in [5, 5.41) is 8.68. The predicted molar refractivity (Wildman–Crippen MR) is 42.1 cm³/mol. The van der Waals surface area contributed by atoms with E-state index >= 15 is 0 Å². The summed E-state index contributed by atoms with van der Waals surface area (Å²) in [5.41, 5.74) is 5.62. The first-order chi connectivity index (χ1) is 5.07. The second-order valence-corrected chi connectivity index (χ2v) is 3.79. The number of nitrogens with two attached hydrogens (primary N) is 1. The summed E-state index contributed by atoms with van der Waals surface area (Å²) in [5.74, 6) is -1.08. The van der Waals surface area contributed by atoms with Gasteiger partial charge in [0.15, 0.2) is 0 Å². The highest BCUT2D eigenvalue weighted by Crippen LogP contribution is 2.49. The van der Waals surface area contributed by atoms with Gasteiger partial charge < -0.3 is 10.8 Å². The van der Waals surface area contributed by atoms with Crippen molar-refractivity contribution in [2.45, 2.75) is 26.2 Å². The quantitative estimate of drug-likeness (QED) is 0.635. The Morgan fingerprint density at radius 2 is 2.27 bits per heavy atom. The predicted octanol–water partition coefficient (Wildman–Crippen LogP) is 0.836. The molecule has 1 unspecified atom stereocenters. The molecular formula is C8H15NO2. The van der Waals surface area contributed by atoms with Crippen LogP contribution >= 0.6 is 0 Å². The standard InChI is InChI=1S/C8H15NO2/c1-8(2-3-8)4-6(5-9)7(10)11/h6H,2-5,9H2,1H3,(H,10,11). The highest BCUT2D eigenvalue weighted by molar-refractivity contribution is 5.70. The Balaban J connectivity index is 2.37. The van der Waals surface area contributed by atoms with Crippen LogP contribution in [0.3, 0.4) is 0 Å². The summed E-state index contributed by atoms with van der Waals surface area (Å²) in [6.07, 6.45) is 3.08. The van der Waals surface area contributed by atoms with Gasteiger partial charge in [0.1, 0.15) is 0 Å². The molecule has 11 heavy (non-hydrogen) atoms. The molecule has 0 aromatic heterocycles. The average Bonchev–Trinajstić information content (AvgIpc) is 2.64. The van der Waals surface area contributed by atoms with Gasteiger partial charge in [0.25, 0.3) is 0 Å². The third-order valence-corrected chi connectivity index (χ3v) is 2.48. The Morgan fingerprint density at radius 1 is 1.73 bits per heavy atom. The molecule has 0 amide bonds. The van der Waals surface area contributed by atoms with Crippen LogP contribution in [0.4, 0.5) is 0 Å². The molecule has 1 rings (SSSR count). The van der Waals surface area contributed by atoms with Crippen LogP contribution in [0.1, 0.15) is 26.2 Å². The maximum Gasteiger partial charge on any atom is 0.307 e. The number of rotatable bonds is 4. The van der Waals surface area contributed by atoms with Crippen molar-refractivity contribution in [3.8, 4) is 0 Å². The fraction of sp³-hybridized carbons (Fsp3) is 0.875. The van der Waals surface area contributed by atoms with Gasteiger partial charge in [-0.2, -0.15) is 0 Å². The maximum absolute atomic E-state index is 10.6. The van der Waals surface area contributed by atoms with Crippen molar-refractivity contribution < 1.29 is 9.90 Å². The number of carboxylic acid groups (broad SMARTS) is 1. The van der Waals surface area contributed by atoms with Crippen molar-refractivity contribution in [2.75, 3.05) is 6.54 Å². The molecule has 1 aliphatic rings. The average molecular weight is 157 g/mol. The van der Waals surface area contributed by atoms with E-state index in [4.69, 9.17) is 10.8 Å². The van der Waals surface area contributed by atoms with Crippen molar-refractivity contribution in [1.82, 2.24) is 0 Å². The molecule has 3 heteroatoms. The fourth-order valence-corrected chi connectivity index (χ4v) is 1.28. The second kappa shape index (κ2) is 2.81. The second-order valence-electron chi connectivity index (χ2n) is 3.79. The minimum absolute atomic E-state index is 0.269. The zero-order valence-corrected chi connectivity index (χ0v) is 6.84. The first-order valence-electron chi connectivity index (χ1n) is 4.00. The normalized spacial score (nSPS) is 22.7. The molecule has 1 aliphatic carbocycles. The van der Waals surface area contributed by atoms with Crippen LogP contribution in [0.25, 0.3) is 0 Å². The minimum Gasteiger partial charge on any atom is -0.481 e. The van der Waals surface area contributed by atoms with Crippen LogP contribution in [0.2, 0.25) is 0 Å². The number of hydrogen-bond donors (Lipinski definition) is 2. The first-order valence-corrected chi connectivity index (χ1v) is 4.00. The third-order valence-electron chi connectivity index (χ3n) is 2.48. The van der Waals surface area contributed by atoms with E-state index in [9.17, 15) is 4.79 Å². The van der Waals surface area contributed by atoms with Crippen LogP contribution < -0.4 is 5.73 Å². The van der Waals surface area contributed by atoms with Crippen molar-refractivity contribution >= 4 is 5.97 Å². The lowest BCUT2D eigenvalue weighted by atomic mass is 9.94. The maximum atomic E-state index is 10.6. The van der Waals surface area contributed by atoms with Crippen LogP contribution in [-0.4, -0.2) is 17.6 Å². The Bertz CT molecular complexity index is 163. The number of hydrogen-bond acceptors (Lipinski definition) is 2. The molecule has 1 atom stereocenters. The van der Waals surface area contributed by atoms with Crippen molar-refractivity contribution in [3.05, 3.63) is 0 Å². The highest BCUT2D eigenvalue weighted by Gasteiger charge is 2.40. The largest absolute Gasteiger partial charge is 0.481 e. The van der Waals surface area contributed by atoms with E-state index in [1.54, 1.807) is 0 Å². The van der Waals surface area contributed by atoms with E-state index in [-0.39, 0.29) is 12.5 Å². The van der Waals surface area contributed by atoms with Gasteiger partial charge in [0, 0.05) is 6.54 Å². The fourth-order valence-electron chi connectivity index (χ4n) is 1.28. The summed E-state index contributed by atoms with van der Waals surface area (Å²) in [6, 6.07) is 0. The molecule has 3 N–H and O–H groups in total. The van der Waals surface area contributed by atoms with E-state index in [0.717, 1.165) is 19.3 Å². The van der Waals surface area contributed by atoms with Crippen LogP contribution in [0, 0.1) is 11.3 Å². The lowest BCUT2D eigenvalue weighted by Gasteiger charge is -2.13. The van der Waals surface area contributed by atoms with E-state index in [2.05, 4.69) is 6.92 Å². The van der Waals surface area contributed by atoms with E-state index in [1.807, 2.05) is 0 Å². The minimum atomic E-state index is -0.749. The molecule has 0 aromatic rings. The molecule has 0 saturated heterocycles. The topological polar surface area (TPSA) is 63.3 Å². The van der Waals surface area contributed by atoms with Gasteiger partial charge >= 0.3 is 5.97 Å². The number of aliphatic carboxylic acids is 1. The van der Waals surface area contributed by atoms with Crippen LogP contribution in [0.15, 0.2) is 0 Å². The van der Waals surface area contributed by atoms with Gasteiger partial charge in [-0.1, -0.05) is 6.92 Å². The molecule has 0 radical (unpaired) electrons. The number of carbonyl (C=O) groups is 1. The van der Waals surface area contributed by atoms with Gasteiger partial charge in [-0.25, -0.2) is 0 Å². The molecule has 64 valence electrons. The summed E-state index contributed by atoms with van der Waals surface area (Å²) >= 11 is 0. The Kier molecular flexibility index (Phi) is 2.18. The van der Waals surface area contributed by atoms with Crippen molar-refractivity contribution in [2.24, 2.45) is 17.1 Å². The molecule has 0 bridgehead atoms. The smallest absolute Gasteiger partial charge is 0.307 e. The molecule has 0 aliphatic heterocycles. The van der Waals surface area contributed by atoms with Gasteiger partial charge in [0.05, 0.1) is 5.92 Å². The lowest BCUT2D eigenvalue weighted by Crippen LogP contribution is -2.25. The van der Waals surface area contributed by atoms with E-state index in [1.165, 1.54) is 0 Å². The Labute approximate surface area is 66.6 Å². The molecule has 0 spiro atoms. The Hall–Kier alpha value is -0.570. The summed E-state index contributed by atoms with van der Waals surface area (Å²) in [6.45, 7) is 2.39. The Morgan fingerprint density at radius 3 is 2.55 bits per heavy atom. The first kappa shape index (κ1) is 8.53. The zero-order valence-electron chi connectivity index (χ0n) is 6.84. The molecule has 0 aromatic carbocycles. The van der Waals surface area contributed by atoms with Crippen LogP contribution in [0.5, 0.6) is 0 Å². The van der Waals surface area contributed by atoms with Gasteiger partial charge in [-0.15, -0.1) is 0 Å².